The second kappa shape index (κ2) is 13.7. The van der Waals surface area contributed by atoms with Crippen LogP contribution in [0.4, 0.5) is 5.69 Å². The Morgan fingerprint density at radius 1 is 0.962 bits per heavy atom. The summed E-state index contributed by atoms with van der Waals surface area (Å²) in [7, 11) is 1.55. The summed E-state index contributed by atoms with van der Waals surface area (Å²) in [4.78, 5) is 60.7. The molecule has 2 saturated carbocycles. The van der Waals surface area contributed by atoms with E-state index in [-0.39, 0.29) is 35.0 Å². The maximum absolute atomic E-state index is 15.5. The average molecular weight is 755 g/mol. The fourth-order valence-corrected chi connectivity index (χ4v) is 10.5. The molecule has 2 aliphatic heterocycles. The number of nitrogens with zero attached hydrogens (tertiary/aromatic N) is 2. The lowest BCUT2D eigenvalue weighted by atomic mass is 9.49. The van der Waals surface area contributed by atoms with Gasteiger partial charge in [-0.3, -0.25) is 29.5 Å². The zero-order chi connectivity index (χ0) is 37.2. The summed E-state index contributed by atoms with van der Waals surface area (Å²) in [5.41, 5.74) is 4.18. The van der Waals surface area contributed by atoms with E-state index in [1.165, 1.54) is 11.0 Å². The van der Waals surface area contributed by atoms with Crippen molar-refractivity contribution in [1.29, 1.82) is 0 Å². The van der Waals surface area contributed by atoms with Crippen molar-refractivity contribution in [3.63, 3.8) is 0 Å². The molecular weight excluding hydrogens is 713 g/mol. The number of benzene rings is 3. The Morgan fingerprint density at radius 2 is 1.72 bits per heavy atom. The number of nitrogens with one attached hydrogen (secondary N) is 1. The van der Waals surface area contributed by atoms with Gasteiger partial charge in [0.05, 0.1) is 41.0 Å². The molecule has 53 heavy (non-hydrogen) atoms. The molecule has 274 valence electrons. The number of fused-ring (bicyclic) bond motifs is 4. The van der Waals surface area contributed by atoms with Crippen LogP contribution in [0.1, 0.15) is 67.6 Å². The summed E-state index contributed by atoms with van der Waals surface area (Å²) in [6.45, 7) is 3.88. The van der Waals surface area contributed by atoms with E-state index in [0.717, 1.165) is 42.7 Å². The van der Waals surface area contributed by atoms with Crippen molar-refractivity contribution in [1.82, 2.24) is 9.91 Å². The molecule has 5 aliphatic rings. The minimum absolute atomic E-state index is 0.00206. The van der Waals surface area contributed by atoms with E-state index in [2.05, 4.69) is 12.0 Å². The van der Waals surface area contributed by atoms with Crippen LogP contribution < -0.4 is 10.2 Å². The smallest absolute Gasteiger partial charge is 0.260 e. The SMILES string of the molecule is C=CCc1cccc([C@H]2C3=CC[C@@H]4C(=O)N(C5CCCCC5)C(=O)[C@@H]4[C@@H]3C[C@H]3C(=O)N(Nc4ccc(Cl)cc4Cl)C(=O)[C@@]23c2ccc(OC)cc2)c1O. The normalized spacial score (nSPS) is 28.4. The number of phenols is 1. The standard InChI is InChI=1S/C42H41Cl2N3O6/c1-3-8-23-9-7-12-30(37(23)48)36-28-18-19-29-35(40(51)46(38(29)49)26-10-5-4-6-11-26)31(28)22-32-39(50)47(45-34-20-15-25(43)21-33(34)44)41(52)42(32,36)24-13-16-27(53-2)17-14-24/h3,7,9,12-18,20-21,26,29,31-32,35-36,45,48H,1,4-6,8,10-11,19,22H2,2H3/t29-,31+,32-,35-,36+,42+/m0/s1. The van der Waals surface area contributed by atoms with Crippen LogP contribution in [0.25, 0.3) is 0 Å². The molecule has 0 radical (unpaired) electrons. The second-order valence-electron chi connectivity index (χ2n) is 14.9. The van der Waals surface area contributed by atoms with Crippen LogP contribution in [0, 0.1) is 23.7 Å². The number of allylic oxidation sites excluding steroid dienone is 3. The van der Waals surface area contributed by atoms with Gasteiger partial charge in [-0.2, -0.15) is 5.01 Å². The van der Waals surface area contributed by atoms with E-state index in [9.17, 15) is 19.5 Å². The molecule has 11 heteroatoms. The molecule has 3 aromatic carbocycles. The van der Waals surface area contributed by atoms with Crippen molar-refractivity contribution in [2.45, 2.75) is 68.7 Å². The van der Waals surface area contributed by atoms with Gasteiger partial charge in [0.15, 0.2) is 0 Å². The number of ether oxygens (including phenoxy) is 1. The number of aromatic hydroxyl groups is 1. The lowest BCUT2D eigenvalue weighted by Gasteiger charge is -2.50. The van der Waals surface area contributed by atoms with Gasteiger partial charge in [-0.15, -0.1) is 6.58 Å². The number of amides is 4. The van der Waals surface area contributed by atoms with Gasteiger partial charge in [0.1, 0.15) is 11.5 Å². The Bertz CT molecular complexity index is 2060. The molecular formula is C42H41Cl2N3O6. The number of likely N-dealkylation sites (tertiary alicyclic amines) is 1. The first kappa shape index (κ1) is 35.4. The number of para-hydroxylation sites is 1. The van der Waals surface area contributed by atoms with Crippen LogP contribution in [-0.4, -0.2) is 51.8 Å². The molecule has 2 N–H and O–H groups in total. The number of carbonyl (C=O) groups excluding carboxylic acids is 4. The van der Waals surface area contributed by atoms with Gasteiger partial charge in [0, 0.05) is 22.5 Å². The summed E-state index contributed by atoms with van der Waals surface area (Å²) >= 11 is 12.8. The number of anilines is 1. The maximum atomic E-state index is 15.5. The quantitative estimate of drug-likeness (QED) is 0.179. The molecule has 0 aromatic heterocycles. The molecule has 4 fully saturated rings. The fraction of sp³-hybridized carbons (Fsp3) is 0.381. The Kier molecular flexibility index (Phi) is 9.14. The van der Waals surface area contributed by atoms with Crippen molar-refractivity contribution in [2.75, 3.05) is 12.5 Å². The number of hydrazine groups is 1. The van der Waals surface area contributed by atoms with Crippen LogP contribution in [-0.2, 0) is 31.0 Å². The third-order valence-corrected chi connectivity index (χ3v) is 12.9. The zero-order valence-electron chi connectivity index (χ0n) is 29.4. The van der Waals surface area contributed by atoms with Crippen molar-refractivity contribution >= 4 is 52.5 Å². The van der Waals surface area contributed by atoms with Gasteiger partial charge in [-0.25, -0.2) is 0 Å². The Hall–Kier alpha value is -4.60. The van der Waals surface area contributed by atoms with E-state index in [1.54, 1.807) is 55.7 Å². The number of halogens is 2. The van der Waals surface area contributed by atoms with Crippen LogP contribution in [0.5, 0.6) is 11.5 Å². The molecule has 3 aliphatic carbocycles. The number of imide groups is 2. The maximum Gasteiger partial charge on any atom is 0.260 e. The molecule has 0 spiro atoms. The van der Waals surface area contributed by atoms with Crippen molar-refractivity contribution in [2.24, 2.45) is 23.7 Å². The summed E-state index contributed by atoms with van der Waals surface area (Å²) in [5, 5.41) is 13.7. The fourth-order valence-electron chi connectivity index (χ4n) is 10.1. The predicted molar refractivity (Wildman–Crippen MR) is 201 cm³/mol. The molecule has 6 atom stereocenters. The van der Waals surface area contributed by atoms with Gasteiger partial charge in [-0.05, 0) is 79.5 Å². The minimum Gasteiger partial charge on any atom is -0.507 e. The van der Waals surface area contributed by atoms with Crippen LogP contribution in [0.2, 0.25) is 10.0 Å². The molecule has 4 amide bonds. The average Bonchev–Trinajstić information content (AvgIpc) is 3.54. The van der Waals surface area contributed by atoms with Gasteiger partial charge in [-0.1, -0.05) is 90.5 Å². The Balaban J connectivity index is 1.34. The molecule has 8 rings (SSSR count). The van der Waals surface area contributed by atoms with Gasteiger partial charge in [0.25, 0.3) is 11.8 Å². The topological polar surface area (TPSA) is 116 Å². The minimum atomic E-state index is -1.57. The van der Waals surface area contributed by atoms with Gasteiger partial charge < -0.3 is 9.84 Å². The molecule has 2 saturated heterocycles. The first-order valence-corrected chi connectivity index (χ1v) is 19.1. The van der Waals surface area contributed by atoms with Crippen LogP contribution >= 0.6 is 23.2 Å². The number of hydrogen-bond donors (Lipinski definition) is 2. The van der Waals surface area contributed by atoms with Gasteiger partial charge in [0.2, 0.25) is 11.8 Å². The van der Waals surface area contributed by atoms with Crippen molar-refractivity contribution < 1.29 is 29.0 Å². The first-order valence-electron chi connectivity index (χ1n) is 18.3. The largest absolute Gasteiger partial charge is 0.507 e. The lowest BCUT2D eigenvalue weighted by Crippen LogP contribution is -2.53. The van der Waals surface area contributed by atoms with E-state index >= 15 is 4.79 Å². The summed E-state index contributed by atoms with van der Waals surface area (Å²) in [5.74, 6) is -4.41. The van der Waals surface area contributed by atoms with Crippen molar-refractivity contribution in [3.05, 3.63) is 112 Å². The van der Waals surface area contributed by atoms with Crippen LogP contribution in [0.15, 0.2) is 85.0 Å². The Morgan fingerprint density at radius 3 is 2.42 bits per heavy atom. The molecule has 0 unspecified atom stereocenters. The highest BCUT2D eigenvalue weighted by molar-refractivity contribution is 6.36. The number of carbonyl (C=O) groups is 4. The third kappa shape index (κ3) is 5.41. The lowest BCUT2D eigenvalue weighted by molar-refractivity contribution is -0.144. The number of hydrogen-bond acceptors (Lipinski definition) is 7. The monoisotopic (exact) mass is 753 g/mol. The number of methoxy groups -OCH3 is 1. The van der Waals surface area contributed by atoms with Gasteiger partial charge >= 0.3 is 0 Å². The molecule has 0 bridgehead atoms. The van der Waals surface area contributed by atoms with E-state index in [0.29, 0.717) is 46.0 Å². The molecule has 2 heterocycles. The summed E-state index contributed by atoms with van der Waals surface area (Å²) in [6.07, 6.45) is 9.15. The number of phenolic OH excluding ortho intramolecular Hbond substituents is 1. The van der Waals surface area contributed by atoms with E-state index in [1.807, 2.05) is 18.2 Å². The summed E-state index contributed by atoms with van der Waals surface area (Å²) in [6, 6.07) is 17.2. The zero-order valence-corrected chi connectivity index (χ0v) is 30.9. The van der Waals surface area contributed by atoms with E-state index in [4.69, 9.17) is 27.9 Å². The highest BCUT2D eigenvalue weighted by atomic mass is 35.5. The summed E-state index contributed by atoms with van der Waals surface area (Å²) < 4.78 is 5.49. The first-order chi connectivity index (χ1) is 25.6. The molecule has 3 aromatic rings. The predicted octanol–water partition coefficient (Wildman–Crippen LogP) is 7.75. The second-order valence-corrected chi connectivity index (χ2v) is 15.7. The third-order valence-electron chi connectivity index (χ3n) is 12.4. The van der Waals surface area contributed by atoms with Crippen LogP contribution in [0.3, 0.4) is 0 Å². The Labute approximate surface area is 318 Å². The van der Waals surface area contributed by atoms with Crippen molar-refractivity contribution in [3.8, 4) is 11.5 Å². The van der Waals surface area contributed by atoms with E-state index < -0.39 is 46.8 Å². The number of rotatable bonds is 8. The molecule has 9 nitrogen and oxygen atoms in total. The highest BCUT2D eigenvalue weighted by Crippen LogP contribution is 2.65. The highest BCUT2D eigenvalue weighted by Gasteiger charge is 2.71.